The fourth-order valence-electron chi connectivity index (χ4n) is 3.30. The van der Waals surface area contributed by atoms with Crippen LogP contribution in [0.2, 0.25) is 0 Å². The van der Waals surface area contributed by atoms with Crippen molar-refractivity contribution in [3.8, 4) is 0 Å². The standard InChI is InChI=1S/C14H20FN3.2ClH/c15-13-9-17-5-1-12(13)10-18-8-4-14(11-18)2-6-16-7-3-14;;/h1,5,9,16H,2-4,6-8,10-11H2;2*1H. The molecule has 2 aliphatic heterocycles. The molecule has 6 heteroatoms. The molecule has 3 heterocycles. The van der Waals surface area contributed by atoms with E-state index in [-0.39, 0.29) is 30.6 Å². The first-order valence-electron chi connectivity index (χ1n) is 6.79. The van der Waals surface area contributed by atoms with Crippen molar-refractivity contribution in [1.29, 1.82) is 0 Å². The fourth-order valence-corrected chi connectivity index (χ4v) is 3.30. The summed E-state index contributed by atoms with van der Waals surface area (Å²) in [7, 11) is 0. The molecule has 114 valence electrons. The summed E-state index contributed by atoms with van der Waals surface area (Å²) in [6.45, 7) is 5.22. The zero-order valence-electron chi connectivity index (χ0n) is 11.5. The van der Waals surface area contributed by atoms with Gasteiger partial charge in [-0.25, -0.2) is 4.39 Å². The Bertz CT molecular complexity index is 425. The van der Waals surface area contributed by atoms with Gasteiger partial charge in [0.05, 0.1) is 6.20 Å². The van der Waals surface area contributed by atoms with Crippen molar-refractivity contribution in [2.75, 3.05) is 26.2 Å². The zero-order valence-corrected chi connectivity index (χ0v) is 13.1. The topological polar surface area (TPSA) is 28.2 Å². The van der Waals surface area contributed by atoms with Crippen LogP contribution in [0.3, 0.4) is 0 Å². The molecule has 0 aliphatic carbocycles. The van der Waals surface area contributed by atoms with Crippen LogP contribution < -0.4 is 5.32 Å². The van der Waals surface area contributed by atoms with E-state index in [2.05, 4.69) is 15.2 Å². The van der Waals surface area contributed by atoms with Gasteiger partial charge >= 0.3 is 0 Å². The Labute approximate surface area is 132 Å². The number of halogens is 3. The van der Waals surface area contributed by atoms with Gasteiger partial charge in [-0.3, -0.25) is 9.88 Å². The van der Waals surface area contributed by atoms with Crippen LogP contribution in [0.15, 0.2) is 18.5 Å². The average Bonchev–Trinajstić information content (AvgIpc) is 2.76. The Kier molecular flexibility index (Phi) is 6.65. The molecule has 2 fully saturated rings. The number of hydrogen-bond donors (Lipinski definition) is 1. The predicted molar refractivity (Wildman–Crippen MR) is 83.1 cm³/mol. The van der Waals surface area contributed by atoms with Crippen LogP contribution >= 0.6 is 24.8 Å². The molecule has 1 aromatic heterocycles. The maximum atomic E-state index is 13.6. The first kappa shape index (κ1) is 17.6. The lowest BCUT2D eigenvalue weighted by Gasteiger charge is -2.33. The van der Waals surface area contributed by atoms with Crippen LogP contribution in [0.4, 0.5) is 4.39 Å². The second kappa shape index (κ2) is 7.55. The van der Waals surface area contributed by atoms with E-state index in [1.54, 1.807) is 12.3 Å². The molecule has 3 nitrogen and oxygen atoms in total. The maximum Gasteiger partial charge on any atom is 0.145 e. The third-order valence-electron chi connectivity index (χ3n) is 4.43. The minimum atomic E-state index is -0.177. The van der Waals surface area contributed by atoms with E-state index in [4.69, 9.17) is 0 Å². The highest BCUT2D eigenvalue weighted by Crippen LogP contribution is 2.39. The Hall–Kier alpha value is -0.420. The molecule has 0 radical (unpaired) electrons. The predicted octanol–water partition coefficient (Wildman–Crippen LogP) is 2.64. The van der Waals surface area contributed by atoms with Gasteiger partial charge in [-0.2, -0.15) is 0 Å². The number of aromatic nitrogens is 1. The Morgan fingerprint density at radius 2 is 2.00 bits per heavy atom. The van der Waals surface area contributed by atoms with Gasteiger partial charge in [0.25, 0.3) is 0 Å². The van der Waals surface area contributed by atoms with Gasteiger partial charge < -0.3 is 5.32 Å². The quantitative estimate of drug-likeness (QED) is 0.907. The molecule has 0 unspecified atom stereocenters. The van der Waals surface area contributed by atoms with Crippen molar-refractivity contribution in [3.05, 3.63) is 29.8 Å². The summed E-state index contributed by atoms with van der Waals surface area (Å²) < 4.78 is 13.6. The number of rotatable bonds is 2. The summed E-state index contributed by atoms with van der Waals surface area (Å²) in [6, 6.07) is 1.79. The van der Waals surface area contributed by atoms with Crippen molar-refractivity contribution < 1.29 is 4.39 Å². The lowest BCUT2D eigenvalue weighted by atomic mass is 9.78. The van der Waals surface area contributed by atoms with E-state index in [0.717, 1.165) is 38.3 Å². The monoisotopic (exact) mass is 321 g/mol. The van der Waals surface area contributed by atoms with Gasteiger partial charge in [-0.1, -0.05) is 0 Å². The van der Waals surface area contributed by atoms with Crippen molar-refractivity contribution >= 4 is 24.8 Å². The highest BCUT2D eigenvalue weighted by atomic mass is 35.5. The molecule has 0 amide bonds. The molecule has 1 N–H and O–H groups in total. The second-order valence-corrected chi connectivity index (χ2v) is 5.68. The number of piperidine rings is 1. The molecule has 1 aromatic rings. The Morgan fingerprint density at radius 3 is 2.70 bits per heavy atom. The lowest BCUT2D eigenvalue weighted by Crippen LogP contribution is -2.38. The third kappa shape index (κ3) is 3.82. The summed E-state index contributed by atoms with van der Waals surface area (Å²) in [6.07, 6.45) is 6.78. The summed E-state index contributed by atoms with van der Waals surface area (Å²) >= 11 is 0. The molecule has 0 bridgehead atoms. The number of nitrogens with one attached hydrogen (secondary N) is 1. The smallest absolute Gasteiger partial charge is 0.145 e. The van der Waals surface area contributed by atoms with E-state index >= 15 is 0 Å². The van der Waals surface area contributed by atoms with Crippen molar-refractivity contribution in [2.45, 2.75) is 25.8 Å². The van der Waals surface area contributed by atoms with Crippen molar-refractivity contribution in [1.82, 2.24) is 15.2 Å². The maximum absolute atomic E-state index is 13.6. The van der Waals surface area contributed by atoms with Crippen molar-refractivity contribution in [3.63, 3.8) is 0 Å². The van der Waals surface area contributed by atoms with Gasteiger partial charge in [0.2, 0.25) is 0 Å². The molecular formula is C14H22Cl2FN3. The normalized spacial score (nSPS) is 21.2. The summed E-state index contributed by atoms with van der Waals surface area (Å²) in [5.74, 6) is -0.177. The molecule has 0 aromatic carbocycles. The van der Waals surface area contributed by atoms with E-state index in [1.807, 2.05) is 0 Å². The Morgan fingerprint density at radius 1 is 1.25 bits per heavy atom. The molecule has 20 heavy (non-hydrogen) atoms. The summed E-state index contributed by atoms with van der Waals surface area (Å²) in [5.41, 5.74) is 1.27. The van der Waals surface area contributed by atoms with Gasteiger partial charge in [0.1, 0.15) is 5.82 Å². The van der Waals surface area contributed by atoms with E-state index in [1.165, 1.54) is 25.5 Å². The number of likely N-dealkylation sites (tertiary alicyclic amines) is 1. The van der Waals surface area contributed by atoms with Crippen LogP contribution in [0.5, 0.6) is 0 Å². The SMILES string of the molecule is Cl.Cl.Fc1cnccc1CN1CCC2(CCNCC2)C1. The van der Waals surface area contributed by atoms with Gasteiger partial charge in [-0.15, -0.1) is 24.8 Å². The molecule has 0 saturated carbocycles. The van der Waals surface area contributed by atoms with E-state index in [9.17, 15) is 4.39 Å². The molecule has 1 spiro atoms. The number of pyridine rings is 1. The van der Waals surface area contributed by atoms with E-state index in [0.29, 0.717) is 5.41 Å². The number of nitrogens with zero attached hydrogens (tertiary/aromatic N) is 2. The fraction of sp³-hybridized carbons (Fsp3) is 0.643. The third-order valence-corrected chi connectivity index (χ3v) is 4.43. The summed E-state index contributed by atoms with van der Waals surface area (Å²) in [4.78, 5) is 6.19. The van der Waals surface area contributed by atoms with E-state index < -0.39 is 0 Å². The number of hydrogen-bond acceptors (Lipinski definition) is 3. The van der Waals surface area contributed by atoms with Crippen LogP contribution in [-0.2, 0) is 6.54 Å². The lowest BCUT2D eigenvalue weighted by molar-refractivity contribution is 0.193. The van der Waals surface area contributed by atoms with Gasteiger partial charge in [0, 0.05) is 24.8 Å². The van der Waals surface area contributed by atoms with Crippen LogP contribution in [0.25, 0.3) is 0 Å². The summed E-state index contributed by atoms with van der Waals surface area (Å²) in [5, 5.41) is 3.42. The largest absolute Gasteiger partial charge is 0.317 e. The van der Waals surface area contributed by atoms with Gasteiger partial charge in [-0.05, 0) is 50.4 Å². The van der Waals surface area contributed by atoms with Crippen LogP contribution in [0.1, 0.15) is 24.8 Å². The van der Waals surface area contributed by atoms with Crippen molar-refractivity contribution in [2.24, 2.45) is 5.41 Å². The average molecular weight is 322 g/mol. The first-order chi connectivity index (χ1) is 8.77. The minimum Gasteiger partial charge on any atom is -0.317 e. The minimum absolute atomic E-state index is 0. The first-order valence-corrected chi connectivity index (χ1v) is 6.79. The highest BCUT2D eigenvalue weighted by molar-refractivity contribution is 5.85. The van der Waals surface area contributed by atoms with Gasteiger partial charge in [0.15, 0.2) is 0 Å². The molecule has 3 rings (SSSR count). The molecule has 2 saturated heterocycles. The second-order valence-electron chi connectivity index (χ2n) is 5.68. The molecule has 0 atom stereocenters. The highest BCUT2D eigenvalue weighted by Gasteiger charge is 2.38. The Balaban J connectivity index is 0.000001000. The zero-order chi connectivity index (χ0) is 12.4. The molecule has 2 aliphatic rings. The molecular weight excluding hydrogens is 300 g/mol. The van der Waals surface area contributed by atoms with Crippen LogP contribution in [-0.4, -0.2) is 36.1 Å². The van der Waals surface area contributed by atoms with Crippen LogP contribution in [0, 0.1) is 11.2 Å².